The van der Waals surface area contributed by atoms with Gasteiger partial charge in [0.25, 0.3) is 5.91 Å². The van der Waals surface area contributed by atoms with Crippen molar-refractivity contribution in [2.45, 2.75) is 13.3 Å². The van der Waals surface area contributed by atoms with Crippen molar-refractivity contribution in [3.05, 3.63) is 57.6 Å². The minimum absolute atomic E-state index is 0.0907. The molecular formula is C18H18N6OS2. The van der Waals surface area contributed by atoms with Crippen LogP contribution in [0.5, 0.6) is 0 Å². The van der Waals surface area contributed by atoms with Crippen LogP contribution in [0.15, 0.2) is 36.4 Å². The molecule has 0 saturated carbocycles. The zero-order valence-corrected chi connectivity index (χ0v) is 16.5. The number of thiophene rings is 1. The fraction of sp³-hybridized carbons (Fsp3) is 0.222. The number of nitrogens with zero attached hydrogens (tertiary/aromatic N) is 4. The van der Waals surface area contributed by atoms with Crippen molar-refractivity contribution < 1.29 is 4.79 Å². The molecule has 4 rings (SSSR count). The maximum atomic E-state index is 12.6. The Morgan fingerprint density at radius 3 is 2.81 bits per heavy atom. The summed E-state index contributed by atoms with van der Waals surface area (Å²) in [4.78, 5) is 14.2. The first-order valence-corrected chi connectivity index (χ1v) is 9.70. The molecule has 0 radical (unpaired) electrons. The maximum absolute atomic E-state index is 12.6. The molecule has 0 fully saturated rings. The molecule has 0 aliphatic heterocycles. The second-order valence-electron chi connectivity index (χ2n) is 6.17. The molecule has 0 aliphatic carbocycles. The number of carbonyl (C=O) groups is 1. The molecule has 0 saturated heterocycles. The number of aromatic amines is 1. The standard InChI is InChI=1S/C18H18N6OS2/c1-11-13-10-14(16(25)19-9-8-15-20-21-18(26)23(15)2)27-17(13)24(22-11)12-6-4-3-5-7-12/h3-7,10H,8-9H2,1-2H3,(H,19,25)(H,21,26). The summed E-state index contributed by atoms with van der Waals surface area (Å²) in [5, 5.41) is 15.5. The van der Waals surface area contributed by atoms with Crippen LogP contribution >= 0.6 is 23.6 Å². The molecule has 0 unspecified atom stereocenters. The van der Waals surface area contributed by atoms with E-state index in [1.165, 1.54) is 11.3 Å². The van der Waals surface area contributed by atoms with Gasteiger partial charge in [0.05, 0.1) is 16.3 Å². The summed E-state index contributed by atoms with van der Waals surface area (Å²) in [5.74, 6) is 0.721. The number of aryl methyl sites for hydroxylation is 1. The summed E-state index contributed by atoms with van der Waals surface area (Å²) in [5.41, 5.74) is 1.89. The Morgan fingerprint density at radius 1 is 1.33 bits per heavy atom. The highest BCUT2D eigenvalue weighted by atomic mass is 32.1. The Kier molecular flexibility index (Phi) is 4.63. The van der Waals surface area contributed by atoms with Gasteiger partial charge >= 0.3 is 0 Å². The number of H-pyrrole nitrogens is 1. The van der Waals surface area contributed by atoms with Crippen LogP contribution in [0, 0.1) is 11.7 Å². The maximum Gasteiger partial charge on any atom is 0.261 e. The number of benzene rings is 1. The molecule has 4 aromatic rings. The van der Waals surface area contributed by atoms with E-state index in [0.29, 0.717) is 22.6 Å². The lowest BCUT2D eigenvalue weighted by molar-refractivity contribution is 0.0958. The van der Waals surface area contributed by atoms with Crippen molar-refractivity contribution in [1.29, 1.82) is 0 Å². The molecule has 9 heteroatoms. The Morgan fingerprint density at radius 2 is 2.11 bits per heavy atom. The van der Waals surface area contributed by atoms with Crippen molar-refractivity contribution in [3.8, 4) is 5.69 Å². The molecule has 3 aromatic heterocycles. The number of carbonyl (C=O) groups excluding carboxylic acids is 1. The second-order valence-corrected chi connectivity index (χ2v) is 7.59. The summed E-state index contributed by atoms with van der Waals surface area (Å²) < 4.78 is 4.27. The van der Waals surface area contributed by atoms with Crippen molar-refractivity contribution in [3.63, 3.8) is 0 Å². The molecule has 0 spiro atoms. The SMILES string of the molecule is Cc1nn(-c2ccccc2)c2sc(C(=O)NCCc3n[nH]c(=S)n3C)cc12. The van der Waals surface area contributed by atoms with Crippen molar-refractivity contribution >= 4 is 39.7 Å². The fourth-order valence-corrected chi connectivity index (χ4v) is 4.13. The third kappa shape index (κ3) is 3.31. The number of hydrogen-bond donors (Lipinski definition) is 2. The van der Waals surface area contributed by atoms with Gasteiger partial charge in [-0.3, -0.25) is 9.89 Å². The van der Waals surface area contributed by atoms with Gasteiger partial charge in [-0.1, -0.05) is 18.2 Å². The molecular weight excluding hydrogens is 380 g/mol. The molecule has 0 bridgehead atoms. The Bertz CT molecular complexity index is 1170. The smallest absolute Gasteiger partial charge is 0.261 e. The normalized spacial score (nSPS) is 11.2. The van der Waals surface area contributed by atoms with Gasteiger partial charge in [-0.25, -0.2) is 4.68 Å². The van der Waals surface area contributed by atoms with E-state index in [-0.39, 0.29) is 5.91 Å². The van der Waals surface area contributed by atoms with Crippen LogP contribution in [0.3, 0.4) is 0 Å². The highest BCUT2D eigenvalue weighted by molar-refractivity contribution is 7.71. The number of hydrogen-bond acceptors (Lipinski definition) is 5. The molecule has 1 aromatic carbocycles. The number of nitrogens with one attached hydrogen (secondary N) is 2. The summed E-state index contributed by atoms with van der Waals surface area (Å²) in [6.07, 6.45) is 0.608. The zero-order chi connectivity index (χ0) is 19.0. The monoisotopic (exact) mass is 398 g/mol. The first-order valence-electron chi connectivity index (χ1n) is 8.47. The van der Waals surface area contributed by atoms with Crippen LogP contribution in [0.25, 0.3) is 15.9 Å². The Hall–Kier alpha value is -2.78. The number of rotatable bonds is 5. The molecule has 0 aliphatic rings. The van der Waals surface area contributed by atoms with Crippen LogP contribution in [0.4, 0.5) is 0 Å². The van der Waals surface area contributed by atoms with Crippen molar-refractivity contribution in [2.24, 2.45) is 7.05 Å². The van der Waals surface area contributed by atoms with Gasteiger partial charge < -0.3 is 9.88 Å². The number of amides is 1. The Labute approximate surface area is 164 Å². The molecule has 3 heterocycles. The van der Waals surface area contributed by atoms with Crippen LogP contribution in [-0.4, -0.2) is 37.0 Å². The van der Waals surface area contributed by atoms with Crippen LogP contribution in [-0.2, 0) is 13.5 Å². The summed E-state index contributed by atoms with van der Waals surface area (Å²) >= 11 is 6.54. The lowest BCUT2D eigenvalue weighted by atomic mass is 10.3. The number of para-hydroxylation sites is 1. The van der Waals surface area contributed by atoms with Gasteiger partial charge in [0.15, 0.2) is 4.77 Å². The first kappa shape index (κ1) is 17.6. The highest BCUT2D eigenvalue weighted by Crippen LogP contribution is 2.30. The van der Waals surface area contributed by atoms with E-state index in [9.17, 15) is 4.79 Å². The summed E-state index contributed by atoms with van der Waals surface area (Å²) in [6.45, 7) is 2.45. The van der Waals surface area contributed by atoms with Crippen LogP contribution < -0.4 is 5.32 Å². The third-order valence-electron chi connectivity index (χ3n) is 4.38. The molecule has 2 N–H and O–H groups in total. The molecule has 27 heavy (non-hydrogen) atoms. The molecule has 1 amide bonds. The summed E-state index contributed by atoms with van der Waals surface area (Å²) in [7, 11) is 1.85. The van der Waals surface area contributed by atoms with E-state index < -0.39 is 0 Å². The quantitative estimate of drug-likeness (QED) is 0.506. The first-order chi connectivity index (χ1) is 13.0. The van der Waals surface area contributed by atoms with E-state index in [1.54, 1.807) is 4.57 Å². The van der Waals surface area contributed by atoms with E-state index in [2.05, 4.69) is 20.6 Å². The van der Waals surface area contributed by atoms with Crippen LogP contribution in [0.2, 0.25) is 0 Å². The summed E-state index contributed by atoms with van der Waals surface area (Å²) in [6, 6.07) is 11.8. The van der Waals surface area contributed by atoms with Gasteiger partial charge in [0, 0.05) is 25.4 Å². The van der Waals surface area contributed by atoms with Gasteiger partial charge in [-0.2, -0.15) is 10.2 Å². The predicted octanol–water partition coefficient (Wildman–Crippen LogP) is 3.16. The minimum Gasteiger partial charge on any atom is -0.351 e. The minimum atomic E-state index is -0.0907. The van der Waals surface area contributed by atoms with Gasteiger partial charge in [-0.15, -0.1) is 11.3 Å². The predicted molar refractivity (Wildman–Crippen MR) is 108 cm³/mol. The fourth-order valence-electron chi connectivity index (χ4n) is 2.88. The topological polar surface area (TPSA) is 80.5 Å². The molecule has 0 atom stereocenters. The average Bonchev–Trinajstić information content (AvgIpc) is 3.33. The second kappa shape index (κ2) is 7.09. The van der Waals surface area contributed by atoms with E-state index in [0.717, 1.165) is 27.4 Å². The van der Waals surface area contributed by atoms with Crippen molar-refractivity contribution in [2.75, 3.05) is 6.54 Å². The third-order valence-corrected chi connectivity index (χ3v) is 5.85. The van der Waals surface area contributed by atoms with E-state index in [4.69, 9.17) is 12.2 Å². The largest absolute Gasteiger partial charge is 0.351 e. The van der Waals surface area contributed by atoms with Crippen molar-refractivity contribution in [1.82, 2.24) is 29.9 Å². The van der Waals surface area contributed by atoms with E-state index >= 15 is 0 Å². The lowest BCUT2D eigenvalue weighted by Crippen LogP contribution is -2.25. The lowest BCUT2D eigenvalue weighted by Gasteiger charge is -2.03. The highest BCUT2D eigenvalue weighted by Gasteiger charge is 2.17. The van der Waals surface area contributed by atoms with Gasteiger partial charge in [-0.05, 0) is 37.3 Å². The number of aromatic nitrogens is 5. The molecule has 7 nitrogen and oxygen atoms in total. The Balaban J connectivity index is 1.53. The van der Waals surface area contributed by atoms with Gasteiger partial charge in [0.1, 0.15) is 10.7 Å². The van der Waals surface area contributed by atoms with Gasteiger partial charge in [0.2, 0.25) is 0 Å². The van der Waals surface area contributed by atoms with E-state index in [1.807, 2.05) is 55.1 Å². The van der Waals surface area contributed by atoms with Crippen LogP contribution in [0.1, 0.15) is 21.2 Å². The average molecular weight is 399 g/mol. The number of fused-ring (bicyclic) bond motifs is 1. The molecule has 138 valence electrons. The zero-order valence-electron chi connectivity index (χ0n) is 14.9.